The van der Waals surface area contributed by atoms with Gasteiger partial charge >= 0.3 is 0 Å². The van der Waals surface area contributed by atoms with Gasteiger partial charge in [0, 0.05) is 0 Å². The van der Waals surface area contributed by atoms with Crippen molar-refractivity contribution in [2.24, 2.45) is 0 Å². The van der Waals surface area contributed by atoms with Crippen molar-refractivity contribution in [1.82, 2.24) is 0 Å². The molecule has 0 N–H and O–H groups in total. The molecule has 1 fully saturated rings. The Bertz CT molecular complexity index is 877. The fourth-order valence-electron chi connectivity index (χ4n) is 2.32. The molecule has 0 radical (unpaired) electrons. The van der Waals surface area contributed by atoms with Crippen LogP contribution in [0.1, 0.15) is 11.1 Å². The van der Waals surface area contributed by atoms with E-state index in [9.17, 15) is 9.59 Å². The highest BCUT2D eigenvalue weighted by Gasteiger charge is 2.36. The van der Waals surface area contributed by atoms with Gasteiger partial charge in [-0.05, 0) is 54.6 Å². The number of carbonyl (C=O) groups is 2. The smallest absolute Gasteiger partial charge is 0.298 e. The Hall–Kier alpha value is -2.97. The number of ether oxygens (including phenoxy) is 1. The topological polar surface area (TPSA) is 46.6 Å². The van der Waals surface area contributed by atoms with E-state index in [-0.39, 0.29) is 17.8 Å². The molecular formula is C20H15NO3S. The summed E-state index contributed by atoms with van der Waals surface area (Å²) in [5, 5.41) is -0.297. The second-order valence-corrected chi connectivity index (χ2v) is 6.41. The van der Waals surface area contributed by atoms with Crippen molar-refractivity contribution in [2.45, 2.75) is 6.92 Å². The Balaban J connectivity index is 1.80. The molecule has 0 bridgehead atoms. The summed E-state index contributed by atoms with van der Waals surface area (Å²) in [6.45, 7) is 2.16. The van der Waals surface area contributed by atoms with E-state index in [1.54, 1.807) is 30.3 Å². The van der Waals surface area contributed by atoms with Crippen LogP contribution in [0.15, 0.2) is 53.4 Å². The Morgan fingerprint density at radius 2 is 1.80 bits per heavy atom. The molecule has 124 valence electrons. The minimum Gasteiger partial charge on any atom is -0.481 e. The monoisotopic (exact) mass is 349 g/mol. The van der Waals surface area contributed by atoms with E-state index in [0.29, 0.717) is 16.3 Å². The van der Waals surface area contributed by atoms with Crippen molar-refractivity contribution in [3.05, 3.63) is 64.6 Å². The number of terminal acetylenes is 1. The van der Waals surface area contributed by atoms with Crippen LogP contribution in [0.25, 0.3) is 6.08 Å². The van der Waals surface area contributed by atoms with Crippen molar-refractivity contribution in [3.63, 3.8) is 0 Å². The predicted molar refractivity (Wildman–Crippen MR) is 100 cm³/mol. The molecule has 1 aliphatic rings. The van der Waals surface area contributed by atoms with E-state index in [4.69, 9.17) is 11.2 Å². The van der Waals surface area contributed by atoms with Crippen molar-refractivity contribution in [3.8, 4) is 18.1 Å². The van der Waals surface area contributed by atoms with Gasteiger partial charge in [-0.2, -0.15) is 0 Å². The van der Waals surface area contributed by atoms with Crippen LogP contribution in [-0.2, 0) is 4.79 Å². The van der Waals surface area contributed by atoms with Crippen LogP contribution in [-0.4, -0.2) is 17.8 Å². The molecule has 1 heterocycles. The summed E-state index contributed by atoms with van der Waals surface area (Å²) in [4.78, 5) is 26.4. The second kappa shape index (κ2) is 7.29. The lowest BCUT2D eigenvalue weighted by atomic mass is 10.2. The van der Waals surface area contributed by atoms with E-state index >= 15 is 0 Å². The first-order chi connectivity index (χ1) is 12.1. The zero-order valence-electron chi connectivity index (χ0n) is 13.6. The zero-order valence-corrected chi connectivity index (χ0v) is 14.4. The minimum atomic E-state index is -0.313. The highest BCUT2D eigenvalue weighted by atomic mass is 32.2. The van der Waals surface area contributed by atoms with Gasteiger partial charge in [-0.1, -0.05) is 35.7 Å². The largest absolute Gasteiger partial charge is 0.481 e. The third kappa shape index (κ3) is 3.76. The molecular weight excluding hydrogens is 334 g/mol. The number of hydrogen-bond donors (Lipinski definition) is 0. The van der Waals surface area contributed by atoms with Gasteiger partial charge < -0.3 is 4.74 Å². The number of imide groups is 1. The summed E-state index contributed by atoms with van der Waals surface area (Å²) in [6.07, 6.45) is 6.85. The first-order valence-electron chi connectivity index (χ1n) is 7.59. The molecule has 2 aromatic carbocycles. The molecule has 3 rings (SSSR count). The Labute approximate surface area is 150 Å². The average molecular weight is 349 g/mol. The van der Waals surface area contributed by atoms with Crippen LogP contribution in [0.5, 0.6) is 5.75 Å². The quantitative estimate of drug-likeness (QED) is 0.612. The maximum Gasteiger partial charge on any atom is 0.298 e. The summed E-state index contributed by atoms with van der Waals surface area (Å²) in [7, 11) is 0. The summed E-state index contributed by atoms with van der Waals surface area (Å²) >= 11 is 0.935. The van der Waals surface area contributed by atoms with E-state index in [1.807, 2.05) is 31.2 Å². The third-order valence-electron chi connectivity index (χ3n) is 3.59. The first-order valence-corrected chi connectivity index (χ1v) is 8.41. The lowest BCUT2D eigenvalue weighted by molar-refractivity contribution is -0.113. The zero-order chi connectivity index (χ0) is 17.8. The number of nitrogens with zero attached hydrogens (tertiary/aromatic N) is 1. The van der Waals surface area contributed by atoms with Crippen LogP contribution in [0.4, 0.5) is 10.5 Å². The third-order valence-corrected chi connectivity index (χ3v) is 4.46. The van der Waals surface area contributed by atoms with E-state index in [1.165, 1.54) is 4.90 Å². The fourth-order valence-corrected chi connectivity index (χ4v) is 3.16. The van der Waals surface area contributed by atoms with Gasteiger partial charge in [-0.3, -0.25) is 9.59 Å². The lowest BCUT2D eigenvalue weighted by Gasteiger charge is -2.12. The number of rotatable bonds is 4. The molecule has 25 heavy (non-hydrogen) atoms. The molecule has 4 nitrogen and oxygen atoms in total. The first kappa shape index (κ1) is 16.9. The summed E-state index contributed by atoms with van der Waals surface area (Å²) in [5.74, 6) is 2.74. The van der Waals surface area contributed by atoms with Gasteiger partial charge in [0.1, 0.15) is 12.4 Å². The standard InChI is InChI=1S/C20H15NO3S/c1-3-12-24-17-10-6-15(7-11-17)13-18-19(22)21(20(23)25-18)16-8-4-14(2)5-9-16/h1,4-11,13H,12H2,2H3/b18-13-. The molecule has 1 aliphatic heterocycles. The van der Waals surface area contributed by atoms with Crippen LogP contribution < -0.4 is 9.64 Å². The van der Waals surface area contributed by atoms with Crippen molar-refractivity contribution < 1.29 is 14.3 Å². The molecule has 1 saturated heterocycles. The Morgan fingerprint density at radius 1 is 1.12 bits per heavy atom. The van der Waals surface area contributed by atoms with Crippen LogP contribution in [0, 0.1) is 19.3 Å². The highest BCUT2D eigenvalue weighted by molar-refractivity contribution is 8.19. The van der Waals surface area contributed by atoms with Gasteiger partial charge in [0.15, 0.2) is 0 Å². The van der Waals surface area contributed by atoms with E-state index < -0.39 is 0 Å². The van der Waals surface area contributed by atoms with Crippen LogP contribution in [0.2, 0.25) is 0 Å². The van der Waals surface area contributed by atoms with Gasteiger partial charge in [-0.15, -0.1) is 6.42 Å². The molecule has 0 spiro atoms. The SMILES string of the molecule is C#CCOc1ccc(/C=C2\SC(=O)N(c3ccc(C)cc3)C2=O)cc1. The molecule has 0 unspecified atom stereocenters. The maximum absolute atomic E-state index is 12.6. The number of thioether (sulfide) groups is 1. The number of carbonyl (C=O) groups excluding carboxylic acids is 2. The number of anilines is 1. The fraction of sp³-hybridized carbons (Fsp3) is 0.100. The minimum absolute atomic E-state index is 0.203. The highest BCUT2D eigenvalue weighted by Crippen LogP contribution is 2.35. The summed E-state index contributed by atoms with van der Waals surface area (Å²) in [5.41, 5.74) is 2.45. The van der Waals surface area contributed by atoms with E-state index in [2.05, 4.69) is 5.92 Å². The van der Waals surface area contributed by atoms with Crippen molar-refractivity contribution >= 4 is 34.7 Å². The molecule has 0 aromatic heterocycles. The summed E-state index contributed by atoms with van der Waals surface area (Å²) < 4.78 is 5.31. The molecule has 2 aromatic rings. The van der Waals surface area contributed by atoms with Gasteiger partial charge in [0.05, 0.1) is 10.6 Å². The number of hydrogen-bond acceptors (Lipinski definition) is 4. The average Bonchev–Trinajstić information content (AvgIpc) is 2.89. The molecule has 5 heteroatoms. The van der Waals surface area contributed by atoms with Crippen molar-refractivity contribution in [2.75, 3.05) is 11.5 Å². The van der Waals surface area contributed by atoms with Gasteiger partial charge in [-0.25, -0.2) is 4.90 Å². The normalized spacial score (nSPS) is 15.5. The molecule has 0 atom stereocenters. The number of aryl methyl sites for hydroxylation is 1. The van der Waals surface area contributed by atoms with Crippen molar-refractivity contribution in [1.29, 1.82) is 0 Å². The molecule has 0 saturated carbocycles. The molecule has 0 aliphatic carbocycles. The van der Waals surface area contributed by atoms with Crippen LogP contribution in [0.3, 0.4) is 0 Å². The van der Waals surface area contributed by atoms with Gasteiger partial charge in [0.2, 0.25) is 0 Å². The lowest BCUT2D eigenvalue weighted by Crippen LogP contribution is -2.27. The van der Waals surface area contributed by atoms with Gasteiger partial charge in [0.25, 0.3) is 11.1 Å². The Morgan fingerprint density at radius 3 is 2.44 bits per heavy atom. The number of benzene rings is 2. The Kier molecular flexibility index (Phi) is 4.92. The predicted octanol–water partition coefficient (Wildman–Crippen LogP) is 4.25. The van der Waals surface area contributed by atoms with E-state index in [0.717, 1.165) is 22.9 Å². The maximum atomic E-state index is 12.6. The number of amides is 2. The summed E-state index contributed by atoms with van der Waals surface area (Å²) in [6, 6.07) is 14.4. The van der Waals surface area contributed by atoms with Crippen LogP contribution >= 0.6 is 11.8 Å². The second-order valence-electron chi connectivity index (χ2n) is 5.41. The molecule has 2 amide bonds.